The maximum Gasteiger partial charge on any atom is 0.311 e. The van der Waals surface area contributed by atoms with Crippen molar-refractivity contribution in [3.63, 3.8) is 0 Å². The lowest BCUT2D eigenvalue weighted by Crippen LogP contribution is -2.43. The molecule has 0 bridgehead atoms. The highest BCUT2D eigenvalue weighted by atomic mass is 79.9. The highest BCUT2D eigenvalue weighted by molar-refractivity contribution is 9.10. The molecule has 0 saturated carbocycles. The minimum atomic E-state index is -0.786. The number of halogens is 1. The molecule has 0 aromatic heterocycles. The molecule has 10 heteroatoms. The molecule has 1 saturated heterocycles. The number of carbonyl (C=O) groups excluding carboxylic acids is 4. The Bertz CT molecular complexity index is 1040. The number of nitrogens with zero attached hydrogens (tertiary/aromatic N) is 1. The van der Waals surface area contributed by atoms with Gasteiger partial charge < -0.3 is 14.2 Å². The first-order chi connectivity index (χ1) is 15.3. The fraction of sp³-hybridized carbons (Fsp3) is 0.273. The predicted octanol–water partition coefficient (Wildman–Crippen LogP) is 2.39. The summed E-state index contributed by atoms with van der Waals surface area (Å²) >= 11 is 3.28. The number of carbonyl (C=O) groups is 4. The Morgan fingerprint density at radius 2 is 1.69 bits per heavy atom. The molecule has 1 aliphatic heterocycles. The maximum absolute atomic E-state index is 12.5. The SMILES string of the molecule is COc1ccc(C(=O)NN2C[C@H](C(=O)OCC(=O)c3ccc(Br)cc3)CC2=O)cc1OC. The molecule has 0 spiro atoms. The number of ether oxygens (including phenoxy) is 3. The average Bonchev–Trinajstić information content (AvgIpc) is 3.17. The molecule has 32 heavy (non-hydrogen) atoms. The van der Waals surface area contributed by atoms with E-state index in [9.17, 15) is 19.2 Å². The molecule has 1 N–H and O–H groups in total. The smallest absolute Gasteiger partial charge is 0.311 e. The predicted molar refractivity (Wildman–Crippen MR) is 116 cm³/mol. The number of amides is 2. The van der Waals surface area contributed by atoms with Gasteiger partial charge in [-0.2, -0.15) is 0 Å². The molecule has 0 unspecified atom stereocenters. The van der Waals surface area contributed by atoms with Crippen LogP contribution in [0.25, 0.3) is 0 Å². The van der Waals surface area contributed by atoms with E-state index in [0.717, 1.165) is 9.48 Å². The van der Waals surface area contributed by atoms with Crippen molar-refractivity contribution >= 4 is 39.5 Å². The van der Waals surface area contributed by atoms with Crippen LogP contribution in [-0.4, -0.2) is 55.9 Å². The van der Waals surface area contributed by atoms with Crippen molar-refractivity contribution in [3.8, 4) is 11.5 Å². The second-order valence-corrected chi connectivity index (χ2v) is 7.87. The zero-order valence-electron chi connectivity index (χ0n) is 17.4. The highest BCUT2D eigenvalue weighted by Gasteiger charge is 2.36. The number of hydrogen-bond donors (Lipinski definition) is 1. The van der Waals surface area contributed by atoms with Gasteiger partial charge in [0.1, 0.15) is 0 Å². The third-order valence-corrected chi connectivity index (χ3v) is 5.38. The van der Waals surface area contributed by atoms with Gasteiger partial charge in [0, 0.05) is 22.0 Å². The summed E-state index contributed by atoms with van der Waals surface area (Å²) in [6.07, 6.45) is -0.127. The largest absolute Gasteiger partial charge is 0.493 e. The minimum absolute atomic E-state index is 0.0524. The van der Waals surface area contributed by atoms with Crippen molar-refractivity contribution < 1.29 is 33.4 Å². The van der Waals surface area contributed by atoms with Gasteiger partial charge in [0.2, 0.25) is 5.91 Å². The van der Waals surface area contributed by atoms with Crippen LogP contribution in [0.1, 0.15) is 27.1 Å². The summed E-state index contributed by atoms with van der Waals surface area (Å²) in [6, 6.07) is 11.2. The first-order valence-corrected chi connectivity index (χ1v) is 10.4. The summed E-state index contributed by atoms with van der Waals surface area (Å²) in [5.74, 6) is -1.96. The molecule has 1 aliphatic rings. The molecular weight excluding hydrogens is 484 g/mol. The number of methoxy groups -OCH3 is 2. The molecule has 3 rings (SSSR count). The van der Waals surface area contributed by atoms with Crippen molar-refractivity contribution in [2.75, 3.05) is 27.4 Å². The van der Waals surface area contributed by atoms with Gasteiger partial charge in [-0.05, 0) is 30.3 Å². The van der Waals surface area contributed by atoms with Crippen molar-refractivity contribution in [1.82, 2.24) is 10.4 Å². The highest BCUT2D eigenvalue weighted by Crippen LogP contribution is 2.27. The van der Waals surface area contributed by atoms with Gasteiger partial charge in [-0.25, -0.2) is 0 Å². The molecule has 9 nitrogen and oxygen atoms in total. The van der Waals surface area contributed by atoms with Crippen LogP contribution in [-0.2, 0) is 14.3 Å². The zero-order valence-corrected chi connectivity index (χ0v) is 19.0. The first kappa shape index (κ1) is 23.3. The number of ketones is 1. The third-order valence-electron chi connectivity index (χ3n) is 4.85. The van der Waals surface area contributed by atoms with E-state index in [4.69, 9.17) is 14.2 Å². The van der Waals surface area contributed by atoms with E-state index in [-0.39, 0.29) is 24.3 Å². The van der Waals surface area contributed by atoms with Crippen molar-refractivity contribution in [1.29, 1.82) is 0 Å². The van der Waals surface area contributed by atoms with E-state index in [0.29, 0.717) is 17.1 Å². The normalized spacial score (nSPS) is 15.3. The Hall–Kier alpha value is -3.40. The second kappa shape index (κ2) is 10.3. The van der Waals surface area contributed by atoms with Crippen LogP contribution in [0, 0.1) is 5.92 Å². The lowest BCUT2D eigenvalue weighted by molar-refractivity contribution is -0.147. The van der Waals surface area contributed by atoms with Gasteiger partial charge in [0.15, 0.2) is 23.9 Å². The second-order valence-electron chi connectivity index (χ2n) is 6.95. The Morgan fingerprint density at radius 1 is 1.03 bits per heavy atom. The van der Waals surface area contributed by atoms with Crippen LogP contribution in [0.2, 0.25) is 0 Å². The van der Waals surface area contributed by atoms with E-state index in [1.807, 2.05) is 0 Å². The molecule has 2 aromatic carbocycles. The molecule has 1 heterocycles. The number of rotatable bonds is 8. The number of hydrogen-bond acceptors (Lipinski definition) is 7. The fourth-order valence-corrected chi connectivity index (χ4v) is 3.38. The zero-order chi connectivity index (χ0) is 23.3. The van der Waals surface area contributed by atoms with E-state index in [1.165, 1.54) is 26.4 Å². The fourth-order valence-electron chi connectivity index (χ4n) is 3.11. The molecule has 0 aliphatic carbocycles. The van der Waals surface area contributed by atoms with E-state index in [2.05, 4.69) is 21.4 Å². The lowest BCUT2D eigenvalue weighted by Gasteiger charge is -2.18. The van der Waals surface area contributed by atoms with Gasteiger partial charge in [-0.3, -0.25) is 29.6 Å². The van der Waals surface area contributed by atoms with Crippen molar-refractivity contribution in [2.45, 2.75) is 6.42 Å². The molecular formula is C22H21BrN2O7. The topological polar surface area (TPSA) is 111 Å². The van der Waals surface area contributed by atoms with Crippen LogP contribution in [0.15, 0.2) is 46.9 Å². The van der Waals surface area contributed by atoms with E-state index in [1.54, 1.807) is 30.3 Å². The number of benzene rings is 2. The summed E-state index contributed by atoms with van der Waals surface area (Å²) in [5.41, 5.74) is 3.14. The van der Waals surface area contributed by atoms with E-state index < -0.39 is 30.3 Å². The molecule has 1 fully saturated rings. The monoisotopic (exact) mass is 504 g/mol. The lowest BCUT2D eigenvalue weighted by atomic mass is 10.1. The average molecular weight is 505 g/mol. The Labute approximate surface area is 192 Å². The summed E-state index contributed by atoms with van der Waals surface area (Å²) in [6.45, 7) is -0.480. The van der Waals surface area contributed by atoms with Gasteiger partial charge in [0.05, 0.1) is 26.7 Å². The first-order valence-electron chi connectivity index (χ1n) is 9.61. The Balaban J connectivity index is 1.55. The quantitative estimate of drug-likeness (QED) is 0.433. The minimum Gasteiger partial charge on any atom is -0.493 e. The molecule has 168 valence electrons. The van der Waals surface area contributed by atoms with Gasteiger partial charge in [-0.15, -0.1) is 0 Å². The van der Waals surface area contributed by atoms with Crippen LogP contribution in [0.3, 0.4) is 0 Å². The van der Waals surface area contributed by atoms with Crippen LogP contribution < -0.4 is 14.9 Å². The number of nitrogens with one attached hydrogen (secondary N) is 1. The number of esters is 1. The van der Waals surface area contributed by atoms with Crippen molar-refractivity contribution in [2.24, 2.45) is 5.92 Å². The Morgan fingerprint density at radius 3 is 2.34 bits per heavy atom. The van der Waals surface area contributed by atoms with E-state index >= 15 is 0 Å². The summed E-state index contributed by atoms with van der Waals surface area (Å²) in [5, 5.41) is 1.07. The molecule has 1 atom stereocenters. The van der Waals surface area contributed by atoms with Gasteiger partial charge in [0.25, 0.3) is 5.91 Å². The van der Waals surface area contributed by atoms with Gasteiger partial charge in [-0.1, -0.05) is 28.1 Å². The standard InChI is InChI=1S/C22H21BrN2O7/c1-30-18-8-5-14(9-19(18)31-2)21(28)24-25-11-15(10-20(25)27)22(29)32-12-17(26)13-3-6-16(23)7-4-13/h3-9,15H,10-12H2,1-2H3,(H,24,28)/t15-/m1/s1. The van der Waals surface area contributed by atoms with Gasteiger partial charge >= 0.3 is 5.97 Å². The van der Waals surface area contributed by atoms with Crippen LogP contribution >= 0.6 is 15.9 Å². The molecule has 0 radical (unpaired) electrons. The molecule has 2 aromatic rings. The van der Waals surface area contributed by atoms with Crippen LogP contribution in [0.4, 0.5) is 0 Å². The summed E-state index contributed by atoms with van der Waals surface area (Å²) < 4.78 is 16.2. The third kappa shape index (κ3) is 5.44. The summed E-state index contributed by atoms with van der Waals surface area (Å²) in [4.78, 5) is 49.3. The molecule has 2 amide bonds. The van der Waals surface area contributed by atoms with Crippen LogP contribution in [0.5, 0.6) is 11.5 Å². The summed E-state index contributed by atoms with van der Waals surface area (Å²) in [7, 11) is 2.92. The van der Waals surface area contributed by atoms with Crippen molar-refractivity contribution in [3.05, 3.63) is 58.1 Å². The maximum atomic E-state index is 12.5. The number of Topliss-reactive ketones (excluding diaryl/α,β-unsaturated/α-hetero) is 1. The Kier molecular flexibility index (Phi) is 7.47. The number of hydrazine groups is 1.